The van der Waals surface area contributed by atoms with Gasteiger partial charge in [0.2, 0.25) is 0 Å². The fourth-order valence-electron chi connectivity index (χ4n) is 3.72. The number of amides is 1. The molecule has 0 spiro atoms. The maximum atomic E-state index is 12.7. The van der Waals surface area contributed by atoms with Gasteiger partial charge in [0, 0.05) is 57.9 Å². The molecule has 0 atom stereocenters. The summed E-state index contributed by atoms with van der Waals surface area (Å²) in [6.07, 6.45) is 3.05. The number of non-ortho nitro benzene ring substituents is 1. The predicted molar refractivity (Wildman–Crippen MR) is 105 cm³/mol. The number of rotatable bonds is 7. The summed E-state index contributed by atoms with van der Waals surface area (Å²) in [6.45, 7) is 7.61. The summed E-state index contributed by atoms with van der Waals surface area (Å²) in [5.74, 6) is -0.223. The van der Waals surface area contributed by atoms with Gasteiger partial charge in [-0.1, -0.05) is 0 Å². The van der Waals surface area contributed by atoms with Crippen molar-refractivity contribution in [3.05, 3.63) is 33.9 Å². The highest BCUT2D eigenvalue weighted by Crippen LogP contribution is 2.28. The number of hydrogen-bond acceptors (Lipinski definition) is 6. The standard InChI is InChI=1S/C19H29N5O3/c1-21-11-13-22(14-12-21)8-4-7-20-19(25)17-15-16(24(26)27)5-6-18(17)23-9-2-3-10-23/h5-6,15H,2-4,7-14H2,1H3,(H,20,25). The van der Waals surface area contributed by atoms with Crippen molar-refractivity contribution in [2.75, 3.05) is 64.3 Å². The van der Waals surface area contributed by atoms with E-state index in [0.717, 1.165) is 70.8 Å². The van der Waals surface area contributed by atoms with Gasteiger partial charge in [0.15, 0.2) is 0 Å². The maximum absolute atomic E-state index is 12.7. The molecule has 2 fully saturated rings. The van der Waals surface area contributed by atoms with Crippen LogP contribution in [0.25, 0.3) is 0 Å². The van der Waals surface area contributed by atoms with Gasteiger partial charge < -0.3 is 20.0 Å². The van der Waals surface area contributed by atoms with Gasteiger partial charge in [-0.2, -0.15) is 0 Å². The molecular weight excluding hydrogens is 346 g/mol. The second kappa shape index (κ2) is 9.14. The second-order valence-electron chi connectivity index (χ2n) is 7.41. The molecule has 1 aromatic carbocycles. The lowest BCUT2D eigenvalue weighted by molar-refractivity contribution is -0.384. The van der Waals surface area contributed by atoms with Crippen LogP contribution in [-0.2, 0) is 0 Å². The van der Waals surface area contributed by atoms with E-state index in [1.165, 1.54) is 12.1 Å². The average molecular weight is 375 g/mol. The first-order chi connectivity index (χ1) is 13.0. The molecule has 0 radical (unpaired) electrons. The van der Waals surface area contributed by atoms with Crippen LogP contribution in [0.1, 0.15) is 29.6 Å². The van der Waals surface area contributed by atoms with E-state index in [-0.39, 0.29) is 11.6 Å². The molecule has 1 amide bonds. The molecule has 2 saturated heterocycles. The molecule has 27 heavy (non-hydrogen) atoms. The molecule has 2 heterocycles. The zero-order valence-electron chi connectivity index (χ0n) is 16.0. The smallest absolute Gasteiger partial charge is 0.270 e. The van der Waals surface area contributed by atoms with Gasteiger partial charge in [0.25, 0.3) is 11.6 Å². The molecule has 1 N–H and O–H groups in total. The molecule has 1 aromatic rings. The molecule has 8 nitrogen and oxygen atoms in total. The molecule has 148 valence electrons. The Kier molecular flexibility index (Phi) is 6.63. The number of nitrogens with one attached hydrogen (secondary N) is 1. The van der Waals surface area contributed by atoms with Crippen molar-refractivity contribution in [2.24, 2.45) is 0 Å². The Bertz CT molecular complexity index is 667. The van der Waals surface area contributed by atoms with E-state index in [9.17, 15) is 14.9 Å². The molecule has 3 rings (SSSR count). The summed E-state index contributed by atoms with van der Waals surface area (Å²) < 4.78 is 0. The number of nitro benzene ring substituents is 1. The van der Waals surface area contributed by atoms with Crippen LogP contribution in [0.15, 0.2) is 18.2 Å². The minimum atomic E-state index is -0.447. The highest BCUT2D eigenvalue weighted by atomic mass is 16.6. The molecule has 0 unspecified atom stereocenters. The summed E-state index contributed by atoms with van der Waals surface area (Å²) >= 11 is 0. The van der Waals surface area contributed by atoms with E-state index in [4.69, 9.17) is 0 Å². The van der Waals surface area contributed by atoms with Crippen molar-refractivity contribution in [1.82, 2.24) is 15.1 Å². The number of carbonyl (C=O) groups excluding carboxylic acids is 1. The topological polar surface area (TPSA) is 82.0 Å². The van der Waals surface area contributed by atoms with E-state index in [0.29, 0.717) is 12.1 Å². The lowest BCUT2D eigenvalue weighted by Gasteiger charge is -2.32. The zero-order chi connectivity index (χ0) is 19.2. The third-order valence-electron chi connectivity index (χ3n) is 5.41. The van der Waals surface area contributed by atoms with Gasteiger partial charge in [0.1, 0.15) is 0 Å². The monoisotopic (exact) mass is 375 g/mol. The summed E-state index contributed by atoms with van der Waals surface area (Å²) in [5.41, 5.74) is 1.17. The highest BCUT2D eigenvalue weighted by molar-refractivity contribution is 6.00. The van der Waals surface area contributed by atoms with E-state index in [1.807, 2.05) is 0 Å². The van der Waals surface area contributed by atoms with Gasteiger partial charge in [-0.25, -0.2) is 0 Å². The fourth-order valence-corrected chi connectivity index (χ4v) is 3.72. The Morgan fingerprint density at radius 1 is 1.15 bits per heavy atom. The minimum absolute atomic E-state index is 0.0412. The fraction of sp³-hybridized carbons (Fsp3) is 0.632. The number of piperazine rings is 1. The Labute approximate surface area is 160 Å². The lowest BCUT2D eigenvalue weighted by Crippen LogP contribution is -2.45. The van der Waals surface area contributed by atoms with Crippen molar-refractivity contribution in [2.45, 2.75) is 19.3 Å². The largest absolute Gasteiger partial charge is 0.371 e. The summed E-state index contributed by atoms with van der Waals surface area (Å²) in [7, 11) is 2.13. The summed E-state index contributed by atoms with van der Waals surface area (Å²) in [4.78, 5) is 30.3. The quantitative estimate of drug-likeness (QED) is 0.442. The van der Waals surface area contributed by atoms with Gasteiger partial charge in [-0.05, 0) is 38.9 Å². The summed E-state index contributed by atoms with van der Waals surface area (Å²) in [5, 5.41) is 14.1. The SMILES string of the molecule is CN1CCN(CCCNC(=O)c2cc([N+](=O)[O-])ccc2N2CCCC2)CC1. The van der Waals surface area contributed by atoms with E-state index < -0.39 is 4.92 Å². The van der Waals surface area contributed by atoms with Crippen molar-refractivity contribution >= 4 is 17.3 Å². The predicted octanol–water partition coefficient (Wildman–Crippen LogP) is 1.56. The minimum Gasteiger partial charge on any atom is -0.371 e. The molecular formula is C19H29N5O3. The molecule has 2 aliphatic rings. The Morgan fingerprint density at radius 3 is 2.52 bits per heavy atom. The first-order valence-electron chi connectivity index (χ1n) is 9.77. The van der Waals surface area contributed by atoms with Crippen LogP contribution >= 0.6 is 0 Å². The lowest BCUT2D eigenvalue weighted by atomic mass is 10.1. The second-order valence-corrected chi connectivity index (χ2v) is 7.41. The number of benzene rings is 1. The number of likely N-dealkylation sites (N-methyl/N-ethyl adjacent to an activating group) is 1. The molecule has 2 aliphatic heterocycles. The molecule has 0 aliphatic carbocycles. The van der Waals surface area contributed by atoms with Gasteiger partial charge in [-0.15, -0.1) is 0 Å². The third kappa shape index (κ3) is 5.17. The van der Waals surface area contributed by atoms with Gasteiger partial charge in [-0.3, -0.25) is 14.9 Å². The van der Waals surface area contributed by atoms with Crippen LogP contribution in [0.5, 0.6) is 0 Å². The van der Waals surface area contributed by atoms with Crippen LogP contribution in [-0.4, -0.2) is 80.0 Å². The van der Waals surface area contributed by atoms with Crippen molar-refractivity contribution in [3.8, 4) is 0 Å². The highest BCUT2D eigenvalue weighted by Gasteiger charge is 2.22. The maximum Gasteiger partial charge on any atom is 0.270 e. The number of hydrogen-bond donors (Lipinski definition) is 1. The van der Waals surface area contributed by atoms with E-state index in [2.05, 4.69) is 27.1 Å². The first kappa shape index (κ1) is 19.6. The van der Waals surface area contributed by atoms with Crippen LogP contribution in [0, 0.1) is 10.1 Å². The van der Waals surface area contributed by atoms with Crippen molar-refractivity contribution in [1.29, 1.82) is 0 Å². The molecule has 0 bridgehead atoms. The number of nitrogens with zero attached hydrogens (tertiary/aromatic N) is 4. The normalized spacial score (nSPS) is 18.6. The van der Waals surface area contributed by atoms with Crippen LogP contribution in [0.3, 0.4) is 0 Å². The number of carbonyl (C=O) groups is 1. The first-order valence-corrected chi connectivity index (χ1v) is 9.77. The van der Waals surface area contributed by atoms with Crippen molar-refractivity contribution < 1.29 is 9.72 Å². The molecule has 0 aromatic heterocycles. The molecule has 8 heteroatoms. The van der Waals surface area contributed by atoms with Crippen LogP contribution < -0.4 is 10.2 Å². The van der Waals surface area contributed by atoms with Crippen LogP contribution in [0.4, 0.5) is 11.4 Å². The van der Waals surface area contributed by atoms with Gasteiger partial charge >= 0.3 is 0 Å². The number of anilines is 1. The average Bonchev–Trinajstić information content (AvgIpc) is 3.20. The Hall–Kier alpha value is -2.19. The molecule has 0 saturated carbocycles. The van der Waals surface area contributed by atoms with E-state index in [1.54, 1.807) is 6.07 Å². The third-order valence-corrected chi connectivity index (χ3v) is 5.41. The zero-order valence-corrected chi connectivity index (χ0v) is 16.0. The Morgan fingerprint density at radius 2 is 1.85 bits per heavy atom. The van der Waals surface area contributed by atoms with Crippen LogP contribution in [0.2, 0.25) is 0 Å². The van der Waals surface area contributed by atoms with E-state index >= 15 is 0 Å². The Balaban J connectivity index is 1.57. The van der Waals surface area contributed by atoms with Gasteiger partial charge in [0.05, 0.1) is 16.2 Å². The van der Waals surface area contributed by atoms with Crippen molar-refractivity contribution in [3.63, 3.8) is 0 Å². The number of nitro groups is 1. The summed E-state index contributed by atoms with van der Waals surface area (Å²) in [6, 6.07) is 4.60.